The van der Waals surface area contributed by atoms with Gasteiger partial charge >= 0.3 is 0 Å². The van der Waals surface area contributed by atoms with E-state index >= 15 is 0 Å². The van der Waals surface area contributed by atoms with Crippen molar-refractivity contribution in [2.24, 2.45) is 0 Å². The first kappa shape index (κ1) is 17.9. The molecule has 1 unspecified atom stereocenters. The molecule has 2 N–H and O–H groups in total. The van der Waals surface area contributed by atoms with Crippen LogP contribution in [0.2, 0.25) is 0 Å². The number of aryl methyl sites for hydroxylation is 1. The number of piperazine rings is 1. The lowest BCUT2D eigenvalue weighted by Crippen LogP contribution is -2.52. The Balaban J connectivity index is 1.21. The molecule has 1 saturated heterocycles. The fraction of sp³-hybridized carbons (Fsp3) is 0.381. The number of imidazole rings is 1. The summed E-state index contributed by atoms with van der Waals surface area (Å²) in [6.45, 7) is 6.54. The van der Waals surface area contributed by atoms with Gasteiger partial charge in [-0.15, -0.1) is 10.2 Å². The van der Waals surface area contributed by atoms with Gasteiger partial charge in [-0.25, -0.2) is 4.98 Å². The highest BCUT2D eigenvalue weighted by atomic mass is 15.3. The Morgan fingerprint density at radius 2 is 2.03 bits per heavy atom. The number of nitrogens with zero attached hydrogens (tertiary/aromatic N) is 6. The molecule has 5 rings (SSSR count). The fourth-order valence-electron chi connectivity index (χ4n) is 4.29. The number of hydrogen-bond acceptors (Lipinski definition) is 5. The van der Waals surface area contributed by atoms with Crippen molar-refractivity contribution < 1.29 is 0 Å². The van der Waals surface area contributed by atoms with Crippen LogP contribution in [0.4, 0.5) is 5.95 Å². The molecule has 0 saturated carbocycles. The van der Waals surface area contributed by atoms with Crippen molar-refractivity contribution in [2.45, 2.75) is 25.8 Å². The molecule has 1 aliphatic rings. The molecule has 1 aliphatic heterocycles. The molecule has 1 atom stereocenters. The minimum Gasteiger partial charge on any atom is -0.361 e. The molecular weight excluding hydrogens is 364 g/mol. The predicted octanol–water partition coefficient (Wildman–Crippen LogP) is 2.62. The second-order valence-electron chi connectivity index (χ2n) is 7.76. The monoisotopic (exact) mass is 390 g/mol. The Bertz CT molecular complexity index is 1050. The van der Waals surface area contributed by atoms with Gasteiger partial charge in [0.15, 0.2) is 0 Å². The second kappa shape index (κ2) is 7.71. The number of benzene rings is 1. The molecule has 1 fully saturated rings. The zero-order valence-electron chi connectivity index (χ0n) is 16.6. The van der Waals surface area contributed by atoms with E-state index in [0.717, 1.165) is 50.7 Å². The lowest BCUT2D eigenvalue weighted by atomic mass is 10.1. The summed E-state index contributed by atoms with van der Waals surface area (Å²) >= 11 is 0. The molecule has 0 radical (unpaired) electrons. The zero-order chi connectivity index (χ0) is 19.6. The van der Waals surface area contributed by atoms with E-state index in [1.165, 1.54) is 16.5 Å². The summed E-state index contributed by atoms with van der Waals surface area (Å²) in [6.07, 6.45) is 11.5. The summed E-state index contributed by atoms with van der Waals surface area (Å²) in [5.41, 5.74) is 3.64. The quantitative estimate of drug-likeness (QED) is 0.529. The molecule has 0 aliphatic carbocycles. The highest BCUT2D eigenvalue weighted by Crippen LogP contribution is 2.23. The van der Waals surface area contributed by atoms with E-state index in [1.54, 1.807) is 12.7 Å². The van der Waals surface area contributed by atoms with Crippen LogP contribution in [0.3, 0.4) is 0 Å². The van der Waals surface area contributed by atoms with Gasteiger partial charge in [-0.2, -0.15) is 0 Å². The number of H-pyrrole nitrogens is 2. The predicted molar refractivity (Wildman–Crippen MR) is 113 cm³/mol. The number of rotatable bonds is 6. The van der Waals surface area contributed by atoms with E-state index in [4.69, 9.17) is 0 Å². The average Bonchev–Trinajstić information content (AvgIpc) is 3.51. The molecule has 4 heterocycles. The average molecular weight is 390 g/mol. The standard InChI is InChI=1S/C21H26N8/c1-16-13-28(21-22-6-7-23-21)10-9-27(16)8-2-3-17-12-24-20-5-4-18(11-19(17)20)29-14-25-26-15-29/h4-7,11-12,14-16,24H,2-3,8-10,13H2,1H3,(H,22,23). The summed E-state index contributed by atoms with van der Waals surface area (Å²) in [5, 5.41) is 9.10. The Morgan fingerprint density at radius 1 is 1.14 bits per heavy atom. The third-order valence-electron chi connectivity index (χ3n) is 5.91. The normalized spacial score (nSPS) is 18.0. The number of aromatic amines is 2. The van der Waals surface area contributed by atoms with Crippen molar-refractivity contribution in [3.8, 4) is 5.69 Å². The lowest BCUT2D eigenvalue weighted by Gasteiger charge is -2.39. The van der Waals surface area contributed by atoms with Crippen LogP contribution in [0, 0.1) is 0 Å². The molecular formula is C21H26N8. The third-order valence-corrected chi connectivity index (χ3v) is 5.91. The lowest BCUT2D eigenvalue weighted by molar-refractivity contribution is 0.186. The van der Waals surface area contributed by atoms with Crippen LogP contribution in [-0.2, 0) is 6.42 Å². The van der Waals surface area contributed by atoms with Crippen LogP contribution >= 0.6 is 0 Å². The first-order valence-electron chi connectivity index (χ1n) is 10.2. The molecule has 1 aromatic carbocycles. The van der Waals surface area contributed by atoms with E-state index in [2.05, 4.69) is 66.3 Å². The smallest absolute Gasteiger partial charge is 0.202 e. The first-order chi connectivity index (χ1) is 14.3. The molecule has 0 bridgehead atoms. The molecule has 8 nitrogen and oxygen atoms in total. The molecule has 150 valence electrons. The molecule has 8 heteroatoms. The Hall–Kier alpha value is -3.13. The van der Waals surface area contributed by atoms with Gasteiger partial charge in [-0.3, -0.25) is 9.47 Å². The third kappa shape index (κ3) is 3.63. The summed E-state index contributed by atoms with van der Waals surface area (Å²) < 4.78 is 1.94. The maximum absolute atomic E-state index is 4.39. The summed E-state index contributed by atoms with van der Waals surface area (Å²) in [5.74, 6) is 0.985. The topological polar surface area (TPSA) is 81.7 Å². The van der Waals surface area contributed by atoms with Gasteiger partial charge < -0.3 is 14.9 Å². The highest BCUT2D eigenvalue weighted by molar-refractivity contribution is 5.85. The highest BCUT2D eigenvalue weighted by Gasteiger charge is 2.24. The summed E-state index contributed by atoms with van der Waals surface area (Å²) in [6, 6.07) is 6.96. The number of aromatic nitrogens is 6. The van der Waals surface area contributed by atoms with Gasteiger partial charge in [-0.05, 0) is 50.1 Å². The van der Waals surface area contributed by atoms with Crippen molar-refractivity contribution >= 4 is 16.9 Å². The van der Waals surface area contributed by atoms with Crippen molar-refractivity contribution in [1.82, 2.24) is 34.6 Å². The van der Waals surface area contributed by atoms with Crippen molar-refractivity contribution in [3.05, 3.63) is 55.0 Å². The van der Waals surface area contributed by atoms with Crippen molar-refractivity contribution in [3.63, 3.8) is 0 Å². The fourth-order valence-corrected chi connectivity index (χ4v) is 4.29. The van der Waals surface area contributed by atoms with Gasteiger partial charge in [0.25, 0.3) is 0 Å². The Labute approximate surface area is 169 Å². The number of nitrogens with one attached hydrogen (secondary N) is 2. The van der Waals surface area contributed by atoms with Crippen LogP contribution in [0.5, 0.6) is 0 Å². The van der Waals surface area contributed by atoms with Gasteiger partial charge in [0, 0.05) is 60.9 Å². The van der Waals surface area contributed by atoms with Gasteiger partial charge in [0.2, 0.25) is 5.95 Å². The van der Waals surface area contributed by atoms with Crippen LogP contribution in [-0.4, -0.2) is 66.8 Å². The Kier molecular flexibility index (Phi) is 4.77. The molecule has 4 aromatic rings. The second-order valence-corrected chi connectivity index (χ2v) is 7.76. The van der Waals surface area contributed by atoms with Crippen LogP contribution < -0.4 is 4.90 Å². The zero-order valence-corrected chi connectivity index (χ0v) is 16.6. The summed E-state index contributed by atoms with van der Waals surface area (Å²) in [4.78, 5) is 16.0. The molecule has 0 amide bonds. The van der Waals surface area contributed by atoms with Gasteiger partial charge in [-0.1, -0.05) is 0 Å². The minimum atomic E-state index is 0.525. The summed E-state index contributed by atoms with van der Waals surface area (Å²) in [7, 11) is 0. The Morgan fingerprint density at radius 3 is 2.83 bits per heavy atom. The molecule has 0 spiro atoms. The van der Waals surface area contributed by atoms with Crippen molar-refractivity contribution in [2.75, 3.05) is 31.1 Å². The first-order valence-corrected chi connectivity index (χ1v) is 10.2. The maximum atomic E-state index is 4.39. The van der Waals surface area contributed by atoms with Gasteiger partial charge in [0.05, 0.1) is 0 Å². The van der Waals surface area contributed by atoms with E-state index in [9.17, 15) is 0 Å². The SMILES string of the molecule is CC1CN(c2ncc[nH]2)CCN1CCCc1c[nH]c2ccc(-n3cnnc3)cc12. The minimum absolute atomic E-state index is 0.525. The largest absolute Gasteiger partial charge is 0.361 e. The molecule has 3 aromatic heterocycles. The van der Waals surface area contributed by atoms with E-state index < -0.39 is 0 Å². The van der Waals surface area contributed by atoms with E-state index in [-0.39, 0.29) is 0 Å². The number of fused-ring (bicyclic) bond motifs is 1. The molecule has 29 heavy (non-hydrogen) atoms. The number of hydrogen-bond donors (Lipinski definition) is 2. The maximum Gasteiger partial charge on any atom is 0.202 e. The number of anilines is 1. The van der Waals surface area contributed by atoms with E-state index in [0.29, 0.717) is 6.04 Å². The van der Waals surface area contributed by atoms with Crippen LogP contribution in [0.1, 0.15) is 18.9 Å². The van der Waals surface area contributed by atoms with E-state index in [1.807, 2.05) is 17.0 Å². The van der Waals surface area contributed by atoms with Crippen LogP contribution in [0.15, 0.2) is 49.4 Å². The van der Waals surface area contributed by atoms with Crippen molar-refractivity contribution in [1.29, 1.82) is 0 Å². The van der Waals surface area contributed by atoms with Gasteiger partial charge in [0.1, 0.15) is 12.7 Å². The van der Waals surface area contributed by atoms with Crippen LogP contribution in [0.25, 0.3) is 16.6 Å².